The Labute approximate surface area is 112 Å². The number of para-hydroxylation sites is 1. The third kappa shape index (κ3) is 1.70. The molecule has 1 fully saturated rings. The first-order valence-corrected chi connectivity index (χ1v) is 6.72. The second-order valence-corrected chi connectivity index (χ2v) is 5.16. The van der Waals surface area contributed by atoms with Crippen molar-refractivity contribution >= 4 is 17.4 Å². The molecule has 1 aliphatic carbocycles. The van der Waals surface area contributed by atoms with Crippen molar-refractivity contribution in [3.8, 4) is 0 Å². The zero-order valence-electron chi connectivity index (χ0n) is 10.9. The molecule has 1 saturated carbocycles. The lowest BCUT2D eigenvalue weighted by atomic mass is 9.67. The van der Waals surface area contributed by atoms with Gasteiger partial charge in [-0.1, -0.05) is 18.2 Å². The van der Waals surface area contributed by atoms with Crippen LogP contribution in [0.4, 0.5) is 5.69 Å². The van der Waals surface area contributed by atoms with Gasteiger partial charge in [0.25, 0.3) is 0 Å². The molecule has 2 unspecified atom stereocenters. The molecule has 1 N–H and O–H groups in total. The van der Waals surface area contributed by atoms with Gasteiger partial charge in [0.05, 0.1) is 6.10 Å². The summed E-state index contributed by atoms with van der Waals surface area (Å²) in [5.41, 5.74) is 1.15. The number of amides is 1. The highest BCUT2D eigenvalue weighted by molar-refractivity contribution is 6.08. The average molecular weight is 259 g/mol. The molecule has 4 nitrogen and oxygen atoms in total. The van der Waals surface area contributed by atoms with Crippen LogP contribution in [0.15, 0.2) is 24.3 Å². The topological polar surface area (TPSA) is 55.4 Å². The van der Waals surface area contributed by atoms with Crippen molar-refractivity contribution < 1.29 is 14.3 Å². The number of hydrogen-bond acceptors (Lipinski definition) is 3. The maximum Gasteiger partial charge on any atom is 0.237 e. The Balaban J connectivity index is 2.09. The summed E-state index contributed by atoms with van der Waals surface area (Å²) in [6.45, 7) is 2.40. The number of carbonyl (C=O) groups excluding carboxylic acids is 2. The van der Waals surface area contributed by atoms with Gasteiger partial charge in [0.2, 0.25) is 5.91 Å². The molecule has 0 saturated heterocycles. The Morgan fingerprint density at radius 2 is 2.16 bits per heavy atom. The number of carbonyl (C=O) groups is 2. The minimum atomic E-state index is -0.680. The van der Waals surface area contributed by atoms with E-state index in [2.05, 4.69) is 5.32 Å². The molecular formula is C15H17NO3. The maximum absolute atomic E-state index is 12.5. The lowest BCUT2D eigenvalue weighted by Crippen LogP contribution is -2.50. The normalized spacial score (nSPS) is 29.4. The maximum atomic E-state index is 12.5. The summed E-state index contributed by atoms with van der Waals surface area (Å²) in [5, 5.41) is 2.93. The van der Waals surface area contributed by atoms with Gasteiger partial charge in [-0.3, -0.25) is 9.59 Å². The highest BCUT2D eigenvalue weighted by atomic mass is 16.5. The molecule has 1 heterocycles. The molecule has 1 amide bonds. The third-order valence-corrected chi connectivity index (χ3v) is 4.19. The van der Waals surface area contributed by atoms with Crippen molar-refractivity contribution in [2.24, 2.45) is 0 Å². The van der Waals surface area contributed by atoms with Crippen LogP contribution in [-0.2, 0) is 19.7 Å². The van der Waals surface area contributed by atoms with Gasteiger partial charge < -0.3 is 10.1 Å². The molecule has 4 heteroatoms. The molecule has 0 aromatic heterocycles. The minimum Gasteiger partial charge on any atom is -0.377 e. The van der Waals surface area contributed by atoms with Crippen LogP contribution in [0.25, 0.3) is 0 Å². The van der Waals surface area contributed by atoms with Gasteiger partial charge in [-0.15, -0.1) is 0 Å². The van der Waals surface area contributed by atoms with E-state index in [1.54, 1.807) is 0 Å². The zero-order chi connectivity index (χ0) is 13.5. The SMILES string of the molecule is CCOC1CC(=O)CCC12C(=O)Nc1ccccc12. The summed E-state index contributed by atoms with van der Waals surface area (Å²) >= 11 is 0. The van der Waals surface area contributed by atoms with E-state index in [0.717, 1.165) is 11.3 Å². The smallest absolute Gasteiger partial charge is 0.237 e. The van der Waals surface area contributed by atoms with Crippen LogP contribution in [0.2, 0.25) is 0 Å². The summed E-state index contributed by atoms with van der Waals surface area (Å²) in [7, 11) is 0. The minimum absolute atomic E-state index is 0.0281. The summed E-state index contributed by atoms with van der Waals surface area (Å²) < 4.78 is 5.74. The van der Waals surface area contributed by atoms with E-state index in [4.69, 9.17) is 4.74 Å². The zero-order valence-corrected chi connectivity index (χ0v) is 10.9. The number of benzene rings is 1. The van der Waals surface area contributed by atoms with Crippen LogP contribution in [0.5, 0.6) is 0 Å². The number of hydrogen-bond donors (Lipinski definition) is 1. The number of fused-ring (bicyclic) bond motifs is 2. The summed E-state index contributed by atoms with van der Waals surface area (Å²) in [6.07, 6.45) is 0.975. The Bertz CT molecular complexity index is 540. The van der Waals surface area contributed by atoms with E-state index in [1.807, 2.05) is 31.2 Å². The van der Waals surface area contributed by atoms with E-state index >= 15 is 0 Å². The highest BCUT2D eigenvalue weighted by Gasteiger charge is 2.55. The second-order valence-electron chi connectivity index (χ2n) is 5.16. The van der Waals surface area contributed by atoms with E-state index in [9.17, 15) is 9.59 Å². The van der Waals surface area contributed by atoms with Crippen molar-refractivity contribution in [3.63, 3.8) is 0 Å². The Hall–Kier alpha value is -1.68. The lowest BCUT2D eigenvalue weighted by Gasteiger charge is -2.38. The van der Waals surface area contributed by atoms with Crippen molar-refractivity contribution in [3.05, 3.63) is 29.8 Å². The highest BCUT2D eigenvalue weighted by Crippen LogP contribution is 2.47. The van der Waals surface area contributed by atoms with Crippen LogP contribution in [0.3, 0.4) is 0 Å². The fourth-order valence-electron chi connectivity index (χ4n) is 3.29. The number of ketones is 1. The lowest BCUT2D eigenvalue weighted by molar-refractivity contribution is -0.137. The molecule has 100 valence electrons. The molecule has 1 aliphatic heterocycles. The molecule has 0 radical (unpaired) electrons. The van der Waals surface area contributed by atoms with Crippen molar-refractivity contribution in [1.82, 2.24) is 0 Å². The van der Waals surface area contributed by atoms with E-state index in [-0.39, 0.29) is 17.8 Å². The first-order chi connectivity index (χ1) is 9.18. The van der Waals surface area contributed by atoms with Crippen LogP contribution < -0.4 is 5.32 Å². The number of nitrogens with one attached hydrogen (secondary N) is 1. The molecule has 19 heavy (non-hydrogen) atoms. The van der Waals surface area contributed by atoms with Crippen molar-refractivity contribution in [2.75, 3.05) is 11.9 Å². The van der Waals surface area contributed by atoms with Crippen molar-refractivity contribution in [1.29, 1.82) is 0 Å². The average Bonchev–Trinajstić information content (AvgIpc) is 2.68. The van der Waals surface area contributed by atoms with Gasteiger partial charge in [-0.2, -0.15) is 0 Å². The van der Waals surface area contributed by atoms with Crippen LogP contribution in [-0.4, -0.2) is 24.4 Å². The largest absolute Gasteiger partial charge is 0.377 e. The molecule has 2 atom stereocenters. The quantitative estimate of drug-likeness (QED) is 0.884. The Morgan fingerprint density at radius 3 is 2.95 bits per heavy atom. The van der Waals surface area contributed by atoms with Crippen LogP contribution >= 0.6 is 0 Å². The second kappa shape index (κ2) is 4.46. The number of Topliss-reactive ketones (excluding diaryl/α,β-unsaturated/α-hetero) is 1. The molecule has 1 aromatic rings. The predicted molar refractivity (Wildman–Crippen MR) is 71.0 cm³/mol. The summed E-state index contributed by atoms with van der Waals surface area (Å²) in [6, 6.07) is 7.71. The van der Waals surface area contributed by atoms with E-state index in [1.165, 1.54) is 0 Å². The van der Waals surface area contributed by atoms with Gasteiger partial charge in [-0.25, -0.2) is 0 Å². The number of anilines is 1. The number of rotatable bonds is 2. The third-order valence-electron chi connectivity index (χ3n) is 4.19. The molecule has 2 aliphatic rings. The first kappa shape index (κ1) is 12.4. The van der Waals surface area contributed by atoms with Gasteiger partial charge >= 0.3 is 0 Å². The molecular weight excluding hydrogens is 242 g/mol. The molecule has 1 spiro atoms. The summed E-state index contributed by atoms with van der Waals surface area (Å²) in [4.78, 5) is 24.2. The van der Waals surface area contributed by atoms with E-state index < -0.39 is 5.41 Å². The van der Waals surface area contributed by atoms with E-state index in [0.29, 0.717) is 25.9 Å². The Morgan fingerprint density at radius 1 is 1.37 bits per heavy atom. The fraction of sp³-hybridized carbons (Fsp3) is 0.467. The monoisotopic (exact) mass is 259 g/mol. The van der Waals surface area contributed by atoms with Gasteiger partial charge in [-0.05, 0) is 25.0 Å². The van der Waals surface area contributed by atoms with Gasteiger partial charge in [0.15, 0.2) is 0 Å². The Kier molecular flexibility index (Phi) is 2.90. The summed E-state index contributed by atoms with van der Waals surface area (Å²) in [5.74, 6) is 0.154. The number of ether oxygens (including phenoxy) is 1. The molecule has 3 rings (SSSR count). The van der Waals surface area contributed by atoms with Crippen LogP contribution in [0.1, 0.15) is 31.7 Å². The fourth-order valence-corrected chi connectivity index (χ4v) is 3.29. The molecule has 1 aromatic carbocycles. The van der Waals surface area contributed by atoms with Gasteiger partial charge in [0.1, 0.15) is 11.2 Å². The standard InChI is InChI=1S/C15H17NO3/c1-2-19-13-9-10(17)7-8-15(13)11-5-3-4-6-12(11)16-14(15)18/h3-6,13H,2,7-9H2,1H3,(H,16,18). The molecule has 0 bridgehead atoms. The predicted octanol–water partition coefficient (Wildman–Crippen LogP) is 2.03. The van der Waals surface area contributed by atoms with Gasteiger partial charge in [0, 0.05) is 25.1 Å². The van der Waals surface area contributed by atoms with Crippen molar-refractivity contribution in [2.45, 2.75) is 37.7 Å². The van der Waals surface area contributed by atoms with Crippen LogP contribution in [0, 0.1) is 0 Å². The first-order valence-electron chi connectivity index (χ1n) is 6.72.